The molecule has 0 N–H and O–H groups in total. The highest BCUT2D eigenvalue weighted by atomic mass is 16.5. The van der Waals surface area contributed by atoms with Crippen LogP contribution in [0.4, 0.5) is 0 Å². The third-order valence-electron chi connectivity index (χ3n) is 1.82. The number of hydrogen-bond acceptors (Lipinski definition) is 4. The number of carbonyl (C=O) groups excluding carboxylic acids is 2. The Morgan fingerprint density at radius 2 is 1.50 bits per heavy atom. The van der Waals surface area contributed by atoms with Crippen LogP contribution in [0.3, 0.4) is 0 Å². The number of ether oxygens (including phenoxy) is 2. The van der Waals surface area contributed by atoms with Gasteiger partial charge in [-0.2, -0.15) is 0 Å². The van der Waals surface area contributed by atoms with Crippen molar-refractivity contribution >= 4 is 12.6 Å². The van der Waals surface area contributed by atoms with Crippen molar-refractivity contribution in [3.63, 3.8) is 0 Å². The summed E-state index contributed by atoms with van der Waals surface area (Å²) in [5.74, 6) is 0.669. The molecule has 0 aliphatic carbocycles. The third-order valence-corrected chi connectivity index (χ3v) is 1.82. The molecule has 0 aliphatic heterocycles. The maximum absolute atomic E-state index is 10.7. The van der Waals surface area contributed by atoms with Gasteiger partial charge >= 0.3 is 0 Å². The molecule has 0 radical (unpaired) electrons. The minimum atomic E-state index is 0.306. The molecule has 0 bridgehead atoms. The van der Waals surface area contributed by atoms with Crippen molar-refractivity contribution in [2.75, 3.05) is 14.2 Å². The van der Waals surface area contributed by atoms with Gasteiger partial charge in [0.25, 0.3) is 0 Å². The summed E-state index contributed by atoms with van der Waals surface area (Å²) < 4.78 is 9.90. The molecule has 0 saturated heterocycles. The Balaban J connectivity index is 3.38. The zero-order valence-electron chi connectivity index (χ0n) is 7.94. The van der Waals surface area contributed by atoms with Gasteiger partial charge in [-0.1, -0.05) is 0 Å². The second-order valence-corrected chi connectivity index (χ2v) is 2.57. The first-order chi connectivity index (χ1) is 6.76. The Hall–Kier alpha value is -1.84. The van der Waals surface area contributed by atoms with E-state index in [9.17, 15) is 9.59 Å². The quantitative estimate of drug-likeness (QED) is 0.678. The summed E-state index contributed by atoms with van der Waals surface area (Å²) in [6, 6.07) is 2.97. The lowest BCUT2D eigenvalue weighted by Gasteiger charge is -2.08. The molecule has 14 heavy (non-hydrogen) atoms. The summed E-state index contributed by atoms with van der Waals surface area (Å²) in [6.45, 7) is 0. The normalized spacial score (nSPS) is 9.29. The van der Waals surface area contributed by atoms with Crippen LogP contribution >= 0.6 is 0 Å². The highest BCUT2D eigenvalue weighted by Gasteiger charge is 2.10. The lowest BCUT2D eigenvalue weighted by atomic mass is 10.1. The van der Waals surface area contributed by atoms with Crippen LogP contribution in [0.2, 0.25) is 0 Å². The minimum Gasteiger partial charge on any atom is -0.496 e. The summed E-state index contributed by atoms with van der Waals surface area (Å²) in [7, 11) is 2.85. The topological polar surface area (TPSA) is 52.6 Å². The first-order valence-corrected chi connectivity index (χ1v) is 3.93. The summed E-state index contributed by atoms with van der Waals surface area (Å²) in [6.07, 6.45) is 1.30. The highest BCUT2D eigenvalue weighted by Crippen LogP contribution is 2.28. The molecule has 1 aromatic carbocycles. The van der Waals surface area contributed by atoms with E-state index in [-0.39, 0.29) is 0 Å². The van der Waals surface area contributed by atoms with Crippen LogP contribution in [0.1, 0.15) is 20.7 Å². The van der Waals surface area contributed by atoms with E-state index in [1.54, 1.807) is 0 Å². The lowest BCUT2D eigenvalue weighted by Crippen LogP contribution is -1.97. The Morgan fingerprint density at radius 3 is 1.79 bits per heavy atom. The third kappa shape index (κ3) is 1.74. The van der Waals surface area contributed by atoms with Crippen molar-refractivity contribution < 1.29 is 19.1 Å². The maximum atomic E-state index is 10.7. The van der Waals surface area contributed by atoms with Crippen molar-refractivity contribution in [1.82, 2.24) is 0 Å². The van der Waals surface area contributed by atoms with Gasteiger partial charge in [0.05, 0.1) is 19.8 Å². The molecule has 0 fully saturated rings. The minimum absolute atomic E-state index is 0.306. The number of benzene rings is 1. The molecule has 0 heterocycles. The van der Waals surface area contributed by atoms with Gasteiger partial charge in [-0.05, 0) is 12.1 Å². The van der Waals surface area contributed by atoms with Crippen molar-refractivity contribution in [2.24, 2.45) is 0 Å². The fraction of sp³-hybridized carbons (Fsp3) is 0.200. The maximum Gasteiger partial charge on any atom is 0.157 e. The van der Waals surface area contributed by atoms with Crippen LogP contribution in [0.15, 0.2) is 12.1 Å². The summed E-state index contributed by atoms with van der Waals surface area (Å²) in [5, 5.41) is 0. The van der Waals surface area contributed by atoms with Gasteiger partial charge in [0.15, 0.2) is 6.29 Å². The Morgan fingerprint density at radius 1 is 1.00 bits per heavy atom. The van der Waals surface area contributed by atoms with Gasteiger partial charge < -0.3 is 9.47 Å². The lowest BCUT2D eigenvalue weighted by molar-refractivity contribution is 0.110. The average molecular weight is 194 g/mol. The van der Waals surface area contributed by atoms with E-state index < -0.39 is 0 Å². The second kappa shape index (κ2) is 4.41. The fourth-order valence-corrected chi connectivity index (χ4v) is 1.14. The second-order valence-electron chi connectivity index (χ2n) is 2.57. The largest absolute Gasteiger partial charge is 0.496 e. The fourth-order valence-electron chi connectivity index (χ4n) is 1.14. The van der Waals surface area contributed by atoms with Crippen LogP contribution in [0, 0.1) is 0 Å². The molecule has 1 aromatic rings. The van der Waals surface area contributed by atoms with Crippen LogP contribution in [0.25, 0.3) is 0 Å². The van der Waals surface area contributed by atoms with Crippen LogP contribution in [-0.4, -0.2) is 26.8 Å². The molecular weight excluding hydrogens is 184 g/mol. The predicted octanol–water partition coefficient (Wildman–Crippen LogP) is 1.33. The smallest absolute Gasteiger partial charge is 0.157 e. The van der Waals surface area contributed by atoms with E-state index >= 15 is 0 Å². The number of rotatable bonds is 4. The number of carbonyl (C=O) groups is 2. The highest BCUT2D eigenvalue weighted by molar-refractivity contribution is 5.87. The zero-order chi connectivity index (χ0) is 10.6. The number of methoxy groups -OCH3 is 2. The van der Waals surface area contributed by atoms with Gasteiger partial charge in [0.1, 0.15) is 17.8 Å². The molecule has 0 spiro atoms. The molecule has 0 saturated carbocycles. The molecule has 0 amide bonds. The Kier molecular flexibility index (Phi) is 3.23. The first-order valence-electron chi connectivity index (χ1n) is 3.93. The molecule has 0 aromatic heterocycles. The Bertz CT molecular complexity index is 332. The number of hydrogen-bond donors (Lipinski definition) is 0. The molecule has 4 heteroatoms. The van der Waals surface area contributed by atoms with Crippen molar-refractivity contribution in [1.29, 1.82) is 0 Å². The summed E-state index contributed by atoms with van der Waals surface area (Å²) in [5.41, 5.74) is 0.713. The average Bonchev–Trinajstić information content (AvgIpc) is 2.26. The van der Waals surface area contributed by atoms with Gasteiger partial charge in [-0.3, -0.25) is 9.59 Å². The number of aldehydes is 2. The molecule has 4 nitrogen and oxygen atoms in total. The molecular formula is C10H10O4. The van der Waals surface area contributed by atoms with E-state index in [1.165, 1.54) is 26.4 Å². The summed E-state index contributed by atoms with van der Waals surface area (Å²) >= 11 is 0. The van der Waals surface area contributed by atoms with E-state index in [4.69, 9.17) is 9.47 Å². The van der Waals surface area contributed by atoms with Gasteiger partial charge in [-0.25, -0.2) is 0 Å². The molecule has 0 aliphatic rings. The van der Waals surface area contributed by atoms with E-state index in [0.29, 0.717) is 35.2 Å². The summed E-state index contributed by atoms with van der Waals surface area (Å²) in [4.78, 5) is 21.3. The monoisotopic (exact) mass is 194 g/mol. The van der Waals surface area contributed by atoms with Crippen LogP contribution in [0.5, 0.6) is 11.5 Å². The van der Waals surface area contributed by atoms with Crippen molar-refractivity contribution in [3.05, 3.63) is 23.3 Å². The SMILES string of the molecule is COc1cc(C=O)cc(OC)c1C=O. The Labute approximate surface area is 81.4 Å². The zero-order valence-corrected chi connectivity index (χ0v) is 7.94. The van der Waals surface area contributed by atoms with Gasteiger partial charge in [0, 0.05) is 5.56 Å². The molecule has 0 atom stereocenters. The molecule has 1 rings (SSSR count). The van der Waals surface area contributed by atoms with E-state index in [1.807, 2.05) is 0 Å². The molecule has 74 valence electrons. The van der Waals surface area contributed by atoms with E-state index in [2.05, 4.69) is 0 Å². The van der Waals surface area contributed by atoms with Gasteiger partial charge in [-0.15, -0.1) is 0 Å². The van der Waals surface area contributed by atoms with Crippen LogP contribution < -0.4 is 9.47 Å². The van der Waals surface area contributed by atoms with Crippen molar-refractivity contribution in [3.8, 4) is 11.5 Å². The predicted molar refractivity (Wildman–Crippen MR) is 50.3 cm³/mol. The first kappa shape index (κ1) is 10.2. The molecule has 0 unspecified atom stereocenters. The van der Waals surface area contributed by atoms with Crippen molar-refractivity contribution in [2.45, 2.75) is 0 Å². The van der Waals surface area contributed by atoms with E-state index in [0.717, 1.165) is 0 Å². The standard InChI is InChI=1S/C10H10O4/c1-13-9-3-7(5-11)4-10(14-2)8(9)6-12/h3-6H,1-2H3. The van der Waals surface area contributed by atoms with Crippen LogP contribution in [-0.2, 0) is 0 Å². The van der Waals surface area contributed by atoms with Gasteiger partial charge in [0.2, 0.25) is 0 Å².